The van der Waals surface area contributed by atoms with Gasteiger partial charge in [0, 0.05) is 0 Å². The lowest BCUT2D eigenvalue weighted by atomic mass is 9.54. The van der Waals surface area contributed by atoms with E-state index in [1.807, 2.05) is 20.8 Å². The Morgan fingerprint density at radius 1 is 0.750 bits per heavy atom. The SMILES string of the molecule is COC(=O)C1CC2CC1C(C1C3CC(CC3C(=O)OC)C1C1C(=O)OC(=O)C1C1C(C)C3CC(C(C)O)C1C3)C2CC(C)(C)C(=O)OC. The quantitative estimate of drug-likeness (QED) is 0.214. The number of carbonyl (C=O) groups is 5. The fraction of sp³-hybridized carbons (Fsp3) is 0.868. The van der Waals surface area contributed by atoms with Gasteiger partial charge in [0.15, 0.2) is 0 Å². The van der Waals surface area contributed by atoms with Gasteiger partial charge in [-0.1, -0.05) is 6.92 Å². The third-order valence-electron chi connectivity index (χ3n) is 15.4. The largest absolute Gasteiger partial charge is 0.469 e. The van der Waals surface area contributed by atoms with Crippen LogP contribution in [0.1, 0.15) is 72.6 Å². The van der Waals surface area contributed by atoms with E-state index in [2.05, 4.69) is 6.92 Å². The number of fused-ring (bicyclic) bond motifs is 6. The molecule has 48 heavy (non-hydrogen) atoms. The van der Waals surface area contributed by atoms with Crippen molar-refractivity contribution < 1.29 is 48.0 Å². The highest BCUT2D eigenvalue weighted by molar-refractivity contribution is 5.97. The highest BCUT2D eigenvalue weighted by atomic mass is 16.6. The highest BCUT2D eigenvalue weighted by Crippen LogP contribution is 2.71. The van der Waals surface area contributed by atoms with E-state index in [4.69, 9.17) is 18.9 Å². The molecule has 1 heterocycles. The summed E-state index contributed by atoms with van der Waals surface area (Å²) in [6.45, 7) is 7.86. The number of esters is 5. The molecule has 10 heteroatoms. The molecule has 0 aromatic rings. The third-order valence-corrected chi connectivity index (χ3v) is 15.4. The van der Waals surface area contributed by atoms with Crippen LogP contribution >= 0.6 is 0 Å². The van der Waals surface area contributed by atoms with Crippen molar-refractivity contribution in [3.63, 3.8) is 0 Å². The zero-order valence-electron chi connectivity index (χ0n) is 29.5. The Labute approximate surface area is 283 Å². The van der Waals surface area contributed by atoms with Crippen LogP contribution in [0.5, 0.6) is 0 Å². The third kappa shape index (κ3) is 4.91. The first-order valence-electron chi connectivity index (χ1n) is 18.4. The molecule has 0 aromatic carbocycles. The Morgan fingerprint density at radius 3 is 1.85 bits per heavy atom. The molecule has 0 radical (unpaired) electrons. The van der Waals surface area contributed by atoms with E-state index in [0.717, 1.165) is 25.7 Å². The average Bonchev–Trinajstić information content (AvgIpc) is 3.91. The van der Waals surface area contributed by atoms with Crippen molar-refractivity contribution in [3.05, 3.63) is 0 Å². The Kier molecular flexibility index (Phi) is 8.55. The van der Waals surface area contributed by atoms with Crippen molar-refractivity contribution >= 4 is 29.8 Å². The number of cyclic esters (lactones) is 2. The van der Waals surface area contributed by atoms with Crippen LogP contribution in [0.15, 0.2) is 0 Å². The Morgan fingerprint density at radius 2 is 1.29 bits per heavy atom. The summed E-state index contributed by atoms with van der Waals surface area (Å²) in [5, 5.41) is 10.7. The van der Waals surface area contributed by atoms with Gasteiger partial charge in [0.1, 0.15) is 0 Å². The van der Waals surface area contributed by atoms with Gasteiger partial charge in [-0.2, -0.15) is 0 Å². The molecule has 0 amide bonds. The lowest BCUT2D eigenvalue weighted by Gasteiger charge is -2.49. The van der Waals surface area contributed by atoms with Crippen molar-refractivity contribution in [2.24, 2.45) is 106 Å². The summed E-state index contributed by atoms with van der Waals surface area (Å²) < 4.78 is 21.5. The van der Waals surface area contributed by atoms with Crippen molar-refractivity contribution in [2.75, 3.05) is 21.3 Å². The fourth-order valence-electron chi connectivity index (χ4n) is 13.9. The van der Waals surface area contributed by atoms with Gasteiger partial charge in [0.05, 0.1) is 56.5 Å². The minimum atomic E-state index is -0.767. The second-order valence-corrected chi connectivity index (χ2v) is 17.6. The molecule has 266 valence electrons. The summed E-state index contributed by atoms with van der Waals surface area (Å²) in [5.74, 6) is -2.81. The minimum absolute atomic E-state index is 0.0151. The first kappa shape index (κ1) is 34.0. The Bertz CT molecular complexity index is 1350. The number of methoxy groups -OCH3 is 3. The smallest absolute Gasteiger partial charge is 0.317 e. The fourth-order valence-corrected chi connectivity index (χ4v) is 13.9. The van der Waals surface area contributed by atoms with Crippen LogP contribution in [0, 0.1) is 106 Å². The van der Waals surface area contributed by atoms with E-state index in [9.17, 15) is 29.1 Å². The van der Waals surface area contributed by atoms with Crippen molar-refractivity contribution in [3.8, 4) is 0 Å². The Hall–Kier alpha value is -2.49. The number of ether oxygens (including phenoxy) is 4. The second kappa shape index (κ2) is 12.1. The number of hydrogen-bond acceptors (Lipinski definition) is 10. The molecule has 18 atom stereocenters. The van der Waals surface area contributed by atoms with Crippen LogP contribution in [0.25, 0.3) is 0 Å². The number of carbonyl (C=O) groups excluding carboxylic acids is 5. The summed E-state index contributed by atoms with van der Waals surface area (Å²) in [4.78, 5) is 67.5. The molecular weight excluding hydrogens is 616 g/mol. The van der Waals surface area contributed by atoms with E-state index in [-0.39, 0.29) is 101 Å². The van der Waals surface area contributed by atoms with Crippen LogP contribution < -0.4 is 0 Å². The second-order valence-electron chi connectivity index (χ2n) is 17.6. The lowest BCUT2D eigenvalue weighted by molar-refractivity contribution is -0.158. The molecular formula is C38H54O10. The van der Waals surface area contributed by atoms with Crippen LogP contribution in [-0.4, -0.2) is 62.4 Å². The molecule has 6 saturated carbocycles. The normalized spacial score (nSPS) is 47.8. The molecule has 7 aliphatic rings. The first-order chi connectivity index (χ1) is 22.7. The maximum atomic E-state index is 14.1. The zero-order chi connectivity index (χ0) is 34.6. The predicted octanol–water partition coefficient (Wildman–Crippen LogP) is 4.30. The molecule has 10 nitrogen and oxygen atoms in total. The predicted molar refractivity (Wildman–Crippen MR) is 170 cm³/mol. The summed E-state index contributed by atoms with van der Waals surface area (Å²) in [6.07, 6.45) is 4.85. The maximum Gasteiger partial charge on any atom is 0.317 e. The number of hydrogen-bond donors (Lipinski definition) is 1. The van der Waals surface area contributed by atoms with E-state index >= 15 is 0 Å². The summed E-state index contributed by atoms with van der Waals surface area (Å²) >= 11 is 0. The van der Waals surface area contributed by atoms with Gasteiger partial charge in [-0.05, 0) is 143 Å². The summed E-state index contributed by atoms with van der Waals surface area (Å²) in [6, 6.07) is 0. The van der Waals surface area contributed by atoms with Gasteiger partial charge < -0.3 is 24.1 Å². The van der Waals surface area contributed by atoms with Gasteiger partial charge in [0.2, 0.25) is 0 Å². The van der Waals surface area contributed by atoms with Crippen LogP contribution in [0.2, 0.25) is 0 Å². The monoisotopic (exact) mass is 670 g/mol. The van der Waals surface area contributed by atoms with Crippen LogP contribution in [0.4, 0.5) is 0 Å². The zero-order valence-corrected chi connectivity index (χ0v) is 29.5. The summed E-state index contributed by atoms with van der Waals surface area (Å²) in [7, 11) is 4.26. The lowest BCUT2D eigenvalue weighted by Crippen LogP contribution is -2.50. The molecule has 0 aromatic heterocycles. The topological polar surface area (TPSA) is 143 Å². The molecule has 1 saturated heterocycles. The standard InChI is InChI=1S/C38H54O10/c1-15-17-8-20(16(2)39)21(9-17)27(15)31-32(36(43)48-35(31)42)28-19-12-23(25(13-19)34(41)46-6)30(28)29-22-10-18(11-24(22)33(40)45-5)26(29)14-38(3,4)37(44)47-7/h15-32,39H,8-14H2,1-7H3. The van der Waals surface area contributed by atoms with Gasteiger partial charge in [-0.25, -0.2) is 0 Å². The van der Waals surface area contributed by atoms with E-state index in [1.54, 1.807) is 0 Å². The van der Waals surface area contributed by atoms with Crippen molar-refractivity contribution in [2.45, 2.75) is 78.7 Å². The maximum absolute atomic E-state index is 14.1. The van der Waals surface area contributed by atoms with E-state index in [0.29, 0.717) is 25.2 Å². The van der Waals surface area contributed by atoms with Gasteiger partial charge >= 0.3 is 29.8 Å². The molecule has 7 rings (SSSR count). The van der Waals surface area contributed by atoms with Crippen LogP contribution in [0.3, 0.4) is 0 Å². The molecule has 6 aliphatic carbocycles. The van der Waals surface area contributed by atoms with Gasteiger partial charge in [-0.15, -0.1) is 0 Å². The minimum Gasteiger partial charge on any atom is -0.469 e. The van der Waals surface area contributed by atoms with E-state index < -0.39 is 35.3 Å². The summed E-state index contributed by atoms with van der Waals surface area (Å²) in [5.41, 5.74) is -0.767. The average molecular weight is 671 g/mol. The molecule has 1 aliphatic heterocycles. The molecule has 1 N–H and O–H groups in total. The molecule has 0 spiro atoms. The van der Waals surface area contributed by atoms with Crippen molar-refractivity contribution in [1.29, 1.82) is 0 Å². The van der Waals surface area contributed by atoms with Crippen molar-refractivity contribution in [1.82, 2.24) is 0 Å². The number of aliphatic hydroxyl groups excluding tert-OH is 1. The highest BCUT2D eigenvalue weighted by Gasteiger charge is 2.70. The Balaban J connectivity index is 1.31. The van der Waals surface area contributed by atoms with Gasteiger partial charge in [-0.3, -0.25) is 24.0 Å². The van der Waals surface area contributed by atoms with Crippen LogP contribution in [-0.2, 0) is 42.9 Å². The molecule has 6 bridgehead atoms. The molecule has 18 unspecified atom stereocenters. The first-order valence-corrected chi connectivity index (χ1v) is 18.4. The molecule has 7 fully saturated rings. The van der Waals surface area contributed by atoms with Gasteiger partial charge in [0.25, 0.3) is 0 Å². The van der Waals surface area contributed by atoms with E-state index in [1.165, 1.54) is 21.3 Å². The number of rotatable bonds is 9. The number of aliphatic hydroxyl groups is 1.